The normalized spacial score (nSPS) is 10.9. The summed E-state index contributed by atoms with van der Waals surface area (Å²) in [6.07, 6.45) is 1.69. The molecule has 1 N–H and O–H groups in total. The summed E-state index contributed by atoms with van der Waals surface area (Å²) in [6.45, 7) is 4.07. The molecule has 0 aliphatic heterocycles. The molecule has 7 heteroatoms. The Hall–Kier alpha value is -3.19. The molecule has 4 rings (SSSR count). The van der Waals surface area contributed by atoms with E-state index in [9.17, 15) is 4.79 Å². The summed E-state index contributed by atoms with van der Waals surface area (Å²) in [5, 5.41) is 7.78. The minimum atomic E-state index is -0.352. The summed E-state index contributed by atoms with van der Waals surface area (Å²) < 4.78 is 8.01. The van der Waals surface area contributed by atoms with Crippen molar-refractivity contribution in [2.75, 3.05) is 12.4 Å². The number of nitrogens with zero attached hydrogens (tertiary/aromatic N) is 3. The lowest BCUT2D eigenvalue weighted by atomic mass is 10.1. The summed E-state index contributed by atoms with van der Waals surface area (Å²) in [5.41, 5.74) is 4.23. The molecule has 0 aliphatic carbocycles. The van der Waals surface area contributed by atoms with Gasteiger partial charge < -0.3 is 4.74 Å². The van der Waals surface area contributed by atoms with Crippen molar-refractivity contribution in [3.05, 3.63) is 65.5 Å². The second kappa shape index (κ2) is 6.85. The molecule has 136 valence electrons. The third-order valence-corrected chi connectivity index (χ3v) is 5.10. The maximum atomic E-state index is 12.8. The maximum absolute atomic E-state index is 12.8. The fourth-order valence-electron chi connectivity index (χ4n) is 2.96. The van der Waals surface area contributed by atoms with Gasteiger partial charge in [0.15, 0.2) is 16.6 Å². The molecule has 27 heavy (non-hydrogen) atoms. The Morgan fingerprint density at radius 3 is 2.70 bits per heavy atom. The number of carbonyl (C=O) groups is 1. The van der Waals surface area contributed by atoms with Crippen LogP contribution in [-0.2, 0) is 0 Å². The fraction of sp³-hybridized carbons (Fsp3) is 0.150. The summed E-state index contributed by atoms with van der Waals surface area (Å²) in [7, 11) is 1.52. The van der Waals surface area contributed by atoms with Gasteiger partial charge in [0.05, 0.1) is 29.2 Å². The molecule has 2 heterocycles. The number of thiazole rings is 1. The Morgan fingerprint density at radius 1 is 1.19 bits per heavy atom. The van der Waals surface area contributed by atoms with E-state index in [1.54, 1.807) is 10.9 Å². The first-order chi connectivity index (χ1) is 13.0. The van der Waals surface area contributed by atoms with Crippen LogP contribution in [0.5, 0.6) is 5.75 Å². The van der Waals surface area contributed by atoms with Crippen molar-refractivity contribution in [1.82, 2.24) is 14.8 Å². The van der Waals surface area contributed by atoms with E-state index in [0.29, 0.717) is 10.9 Å². The number of methoxy groups -OCH3 is 1. The number of amides is 1. The van der Waals surface area contributed by atoms with E-state index in [-0.39, 0.29) is 11.6 Å². The topological polar surface area (TPSA) is 69.0 Å². The molecule has 2 aromatic heterocycles. The molecule has 2 aromatic carbocycles. The predicted molar refractivity (Wildman–Crippen MR) is 107 cm³/mol. The zero-order valence-corrected chi connectivity index (χ0v) is 16.0. The maximum Gasteiger partial charge on any atom is 0.281 e. The highest BCUT2D eigenvalue weighted by Crippen LogP contribution is 2.30. The van der Waals surface area contributed by atoms with Gasteiger partial charge in [0.2, 0.25) is 0 Å². The van der Waals surface area contributed by atoms with Gasteiger partial charge >= 0.3 is 0 Å². The first-order valence-corrected chi connectivity index (χ1v) is 9.25. The zero-order chi connectivity index (χ0) is 19.0. The number of fused-ring (bicyclic) bond motifs is 1. The summed E-state index contributed by atoms with van der Waals surface area (Å²) in [4.78, 5) is 17.3. The summed E-state index contributed by atoms with van der Waals surface area (Å²) >= 11 is 1.45. The second-order valence-corrected chi connectivity index (χ2v) is 7.26. The minimum Gasteiger partial charge on any atom is -0.493 e. The van der Waals surface area contributed by atoms with Gasteiger partial charge in [-0.25, -0.2) is 9.67 Å². The highest BCUT2D eigenvalue weighted by Gasteiger charge is 2.20. The van der Waals surface area contributed by atoms with Crippen molar-refractivity contribution in [1.29, 1.82) is 0 Å². The SMILES string of the molecule is COc1cn(-c2ccccc2)nc1C(=O)Nc1nc2c(C)cc(C)cc2s1. The molecular weight excluding hydrogens is 360 g/mol. The van der Waals surface area contributed by atoms with Crippen molar-refractivity contribution in [3.63, 3.8) is 0 Å². The van der Waals surface area contributed by atoms with Gasteiger partial charge in [-0.15, -0.1) is 0 Å². The Balaban J connectivity index is 1.65. The number of carbonyl (C=O) groups excluding carboxylic acids is 1. The number of benzene rings is 2. The number of para-hydroxylation sites is 1. The van der Waals surface area contributed by atoms with Crippen LogP contribution in [0.25, 0.3) is 15.9 Å². The van der Waals surface area contributed by atoms with Gasteiger partial charge in [0, 0.05) is 0 Å². The number of rotatable bonds is 4. The largest absolute Gasteiger partial charge is 0.493 e. The average molecular weight is 378 g/mol. The minimum absolute atomic E-state index is 0.216. The standard InChI is InChI=1S/C20H18N4O2S/c1-12-9-13(2)17-16(10-12)27-20(21-17)22-19(25)18-15(26-3)11-24(23-18)14-7-5-4-6-8-14/h4-11H,1-3H3,(H,21,22,25). The van der Waals surface area contributed by atoms with Crippen molar-refractivity contribution in [2.24, 2.45) is 0 Å². The molecule has 0 fully saturated rings. The molecule has 0 saturated heterocycles. The number of aromatic nitrogens is 3. The molecule has 0 unspecified atom stereocenters. The molecule has 0 radical (unpaired) electrons. The van der Waals surface area contributed by atoms with Crippen molar-refractivity contribution in [3.8, 4) is 11.4 Å². The Kier molecular flexibility index (Phi) is 4.37. The van der Waals surface area contributed by atoms with Crippen molar-refractivity contribution >= 4 is 32.6 Å². The van der Waals surface area contributed by atoms with E-state index in [0.717, 1.165) is 21.5 Å². The summed E-state index contributed by atoms with van der Waals surface area (Å²) in [6, 6.07) is 13.7. The molecule has 0 atom stereocenters. The number of hydrogen-bond donors (Lipinski definition) is 1. The number of anilines is 1. The Morgan fingerprint density at radius 2 is 1.96 bits per heavy atom. The van der Waals surface area contributed by atoms with E-state index < -0.39 is 0 Å². The number of hydrogen-bond acceptors (Lipinski definition) is 5. The molecule has 0 saturated carbocycles. The van der Waals surface area contributed by atoms with Gasteiger partial charge in [-0.3, -0.25) is 10.1 Å². The van der Waals surface area contributed by atoms with E-state index >= 15 is 0 Å². The first kappa shape index (κ1) is 17.2. The monoisotopic (exact) mass is 378 g/mol. The highest BCUT2D eigenvalue weighted by atomic mass is 32.1. The number of aryl methyl sites for hydroxylation is 2. The Labute approximate surface area is 160 Å². The lowest BCUT2D eigenvalue weighted by Crippen LogP contribution is -2.14. The van der Waals surface area contributed by atoms with E-state index in [4.69, 9.17) is 4.74 Å². The van der Waals surface area contributed by atoms with Gasteiger partial charge in [0.25, 0.3) is 5.91 Å². The van der Waals surface area contributed by atoms with Crippen LogP contribution in [-0.4, -0.2) is 27.8 Å². The van der Waals surface area contributed by atoms with Crippen LogP contribution in [0.1, 0.15) is 21.6 Å². The lowest BCUT2D eigenvalue weighted by molar-refractivity contribution is 0.101. The fourth-order valence-corrected chi connectivity index (χ4v) is 4.00. The van der Waals surface area contributed by atoms with Crippen LogP contribution in [0.3, 0.4) is 0 Å². The van der Waals surface area contributed by atoms with Gasteiger partial charge in [-0.05, 0) is 43.2 Å². The lowest BCUT2D eigenvalue weighted by Gasteiger charge is -2.00. The Bertz CT molecular complexity index is 1130. The van der Waals surface area contributed by atoms with Crippen LogP contribution in [0, 0.1) is 13.8 Å². The predicted octanol–water partition coefficient (Wildman–Crippen LogP) is 4.36. The third-order valence-electron chi connectivity index (χ3n) is 4.19. The zero-order valence-electron chi connectivity index (χ0n) is 15.2. The quantitative estimate of drug-likeness (QED) is 0.573. The van der Waals surface area contributed by atoms with Gasteiger partial charge in [-0.2, -0.15) is 5.10 Å². The second-order valence-electron chi connectivity index (χ2n) is 6.23. The molecule has 6 nitrogen and oxygen atoms in total. The molecule has 0 aliphatic rings. The van der Waals surface area contributed by atoms with Crippen molar-refractivity contribution < 1.29 is 9.53 Å². The smallest absolute Gasteiger partial charge is 0.281 e. The number of nitrogens with one attached hydrogen (secondary N) is 1. The number of ether oxygens (including phenoxy) is 1. The molecule has 0 bridgehead atoms. The van der Waals surface area contributed by atoms with Crippen LogP contribution >= 0.6 is 11.3 Å². The van der Waals surface area contributed by atoms with Crippen LogP contribution in [0.2, 0.25) is 0 Å². The average Bonchev–Trinajstić information content (AvgIpc) is 3.26. The molecule has 4 aromatic rings. The van der Waals surface area contributed by atoms with Crippen LogP contribution in [0.15, 0.2) is 48.7 Å². The molecule has 0 spiro atoms. The first-order valence-electron chi connectivity index (χ1n) is 8.43. The van der Waals surface area contributed by atoms with Crippen LogP contribution < -0.4 is 10.1 Å². The van der Waals surface area contributed by atoms with Crippen LogP contribution in [0.4, 0.5) is 5.13 Å². The van der Waals surface area contributed by atoms with E-state index in [1.165, 1.54) is 24.0 Å². The highest BCUT2D eigenvalue weighted by molar-refractivity contribution is 7.22. The summed E-state index contributed by atoms with van der Waals surface area (Å²) in [5.74, 6) is 0.0550. The van der Waals surface area contributed by atoms with Gasteiger partial charge in [0.1, 0.15) is 0 Å². The van der Waals surface area contributed by atoms with E-state index in [2.05, 4.69) is 27.5 Å². The van der Waals surface area contributed by atoms with Gasteiger partial charge in [-0.1, -0.05) is 35.6 Å². The molecular formula is C20H18N4O2S. The third kappa shape index (κ3) is 3.29. The molecule has 1 amide bonds. The van der Waals surface area contributed by atoms with E-state index in [1.807, 2.05) is 44.2 Å². The van der Waals surface area contributed by atoms with Crippen molar-refractivity contribution in [2.45, 2.75) is 13.8 Å².